The van der Waals surface area contributed by atoms with Crippen LogP contribution in [0.4, 0.5) is 0 Å². The smallest absolute Gasteiger partial charge is 0.191 e. The quantitative estimate of drug-likeness (QED) is 0.364. The van der Waals surface area contributed by atoms with E-state index < -0.39 is 0 Å². The Balaban J connectivity index is 2.18. The first kappa shape index (κ1) is 22.1. The summed E-state index contributed by atoms with van der Waals surface area (Å²) in [6.07, 6.45) is 2.55. The van der Waals surface area contributed by atoms with Crippen LogP contribution in [-0.2, 0) is 19.5 Å². The zero-order chi connectivity index (χ0) is 21.1. The molecule has 0 saturated carbocycles. The number of nitrogens with zero attached hydrogens (tertiary/aromatic N) is 1. The fourth-order valence-electron chi connectivity index (χ4n) is 3.04. The Morgan fingerprint density at radius 1 is 1.00 bits per heavy atom. The second-order valence-corrected chi connectivity index (χ2v) is 6.34. The molecular weight excluding hydrogens is 366 g/mol. The molecule has 2 rings (SSSR count). The minimum absolute atomic E-state index is 0.506. The molecule has 2 aromatic carbocycles. The van der Waals surface area contributed by atoms with Gasteiger partial charge in [0.2, 0.25) is 0 Å². The summed E-state index contributed by atoms with van der Waals surface area (Å²) in [6, 6.07) is 12.0. The van der Waals surface area contributed by atoms with Crippen LogP contribution in [0.5, 0.6) is 17.2 Å². The van der Waals surface area contributed by atoms with Crippen LogP contribution >= 0.6 is 0 Å². The van der Waals surface area contributed by atoms with Gasteiger partial charge in [-0.25, -0.2) is 4.99 Å². The van der Waals surface area contributed by atoms with Crippen molar-refractivity contribution in [1.82, 2.24) is 10.6 Å². The molecule has 0 radical (unpaired) electrons. The van der Waals surface area contributed by atoms with E-state index in [1.54, 1.807) is 21.3 Å². The zero-order valence-corrected chi connectivity index (χ0v) is 17.7. The van der Waals surface area contributed by atoms with Gasteiger partial charge in [0.05, 0.1) is 27.9 Å². The molecule has 0 atom stereocenters. The average molecular weight is 398 g/mol. The fourth-order valence-corrected chi connectivity index (χ4v) is 3.04. The minimum atomic E-state index is 0.506. The van der Waals surface area contributed by atoms with E-state index in [0.29, 0.717) is 25.3 Å². The number of rotatable bonds is 10. The highest BCUT2D eigenvalue weighted by atomic mass is 16.5. The van der Waals surface area contributed by atoms with Crippen molar-refractivity contribution in [3.63, 3.8) is 0 Å². The molecule has 0 aliphatic heterocycles. The molecule has 6 heteroatoms. The first-order chi connectivity index (χ1) is 14.2. The van der Waals surface area contributed by atoms with E-state index in [2.05, 4.69) is 23.3 Å². The van der Waals surface area contributed by atoms with Crippen LogP contribution in [-0.4, -0.2) is 33.8 Å². The Morgan fingerprint density at radius 2 is 1.76 bits per heavy atom. The third kappa shape index (κ3) is 6.17. The second-order valence-electron chi connectivity index (χ2n) is 6.34. The van der Waals surface area contributed by atoms with Gasteiger partial charge < -0.3 is 24.8 Å². The summed E-state index contributed by atoms with van der Waals surface area (Å²) in [4.78, 5) is 4.72. The van der Waals surface area contributed by atoms with Crippen molar-refractivity contribution >= 4 is 5.96 Å². The molecule has 2 aromatic rings. The normalized spacial score (nSPS) is 11.0. The third-order valence-electron chi connectivity index (χ3n) is 4.38. The van der Waals surface area contributed by atoms with Gasteiger partial charge in [-0.3, -0.25) is 0 Å². The summed E-state index contributed by atoms with van der Waals surface area (Å²) in [5, 5.41) is 6.64. The number of hydrogen-bond acceptors (Lipinski definition) is 4. The molecule has 0 bridgehead atoms. The number of benzene rings is 2. The van der Waals surface area contributed by atoms with Gasteiger partial charge in [-0.2, -0.15) is 0 Å². The molecule has 0 fully saturated rings. The number of hydrogen-bond donors (Lipinski definition) is 2. The Kier molecular flexibility index (Phi) is 8.89. The van der Waals surface area contributed by atoms with E-state index in [4.69, 9.17) is 19.2 Å². The van der Waals surface area contributed by atoms with E-state index >= 15 is 0 Å². The first-order valence-corrected chi connectivity index (χ1v) is 9.65. The van der Waals surface area contributed by atoms with Crippen molar-refractivity contribution in [3.8, 4) is 17.2 Å². The van der Waals surface area contributed by atoms with Crippen molar-refractivity contribution in [2.24, 2.45) is 4.99 Å². The maximum atomic E-state index is 5.50. The number of para-hydroxylation sites is 1. The van der Waals surface area contributed by atoms with Crippen LogP contribution < -0.4 is 24.8 Å². The maximum absolute atomic E-state index is 5.50. The minimum Gasteiger partial charge on any atom is -0.496 e. The Morgan fingerprint density at radius 3 is 2.41 bits per heavy atom. The Labute approximate surface area is 173 Å². The number of methoxy groups -OCH3 is 3. The number of guanidine groups is 1. The number of allylic oxidation sites excluding steroid dienone is 1. The van der Waals surface area contributed by atoms with Crippen molar-refractivity contribution in [2.75, 3.05) is 27.9 Å². The van der Waals surface area contributed by atoms with Crippen molar-refractivity contribution < 1.29 is 14.2 Å². The van der Waals surface area contributed by atoms with Crippen LogP contribution in [0.1, 0.15) is 23.6 Å². The lowest BCUT2D eigenvalue weighted by atomic mass is 10.1. The van der Waals surface area contributed by atoms with Gasteiger partial charge in [-0.1, -0.05) is 24.3 Å². The van der Waals surface area contributed by atoms with Crippen LogP contribution in [0, 0.1) is 0 Å². The molecule has 0 heterocycles. The lowest BCUT2D eigenvalue weighted by molar-refractivity contribution is 0.352. The SMILES string of the molecule is C=CCc1cc(CN=C(NCC)NCc2ccccc2OC)cc(OC)c1OC. The standard InChI is InChI=1S/C23H31N3O3/c1-6-10-18-13-17(14-21(28-4)22(18)29-5)15-25-23(24-7-2)26-16-19-11-8-9-12-20(19)27-3/h6,8-9,11-14H,1,7,10,15-16H2,2-5H3,(H2,24,25,26). The van der Waals surface area contributed by atoms with Crippen molar-refractivity contribution in [2.45, 2.75) is 26.4 Å². The van der Waals surface area contributed by atoms with Gasteiger partial charge >= 0.3 is 0 Å². The van der Waals surface area contributed by atoms with Crippen LogP contribution in [0.15, 0.2) is 54.0 Å². The maximum Gasteiger partial charge on any atom is 0.191 e. The molecule has 0 saturated heterocycles. The van der Waals surface area contributed by atoms with Gasteiger partial charge in [0.25, 0.3) is 0 Å². The molecule has 6 nitrogen and oxygen atoms in total. The van der Waals surface area contributed by atoms with Crippen LogP contribution in [0.3, 0.4) is 0 Å². The summed E-state index contributed by atoms with van der Waals surface area (Å²) in [6.45, 7) is 7.76. The average Bonchev–Trinajstić information content (AvgIpc) is 2.75. The molecule has 0 amide bonds. The topological polar surface area (TPSA) is 64.1 Å². The molecule has 156 valence electrons. The highest BCUT2D eigenvalue weighted by Gasteiger charge is 2.12. The molecule has 0 aliphatic carbocycles. The highest BCUT2D eigenvalue weighted by Crippen LogP contribution is 2.33. The number of ether oxygens (including phenoxy) is 3. The number of aliphatic imine (C=N–C) groups is 1. The molecule has 0 aromatic heterocycles. The molecule has 0 unspecified atom stereocenters. The molecule has 2 N–H and O–H groups in total. The summed E-state index contributed by atoms with van der Waals surface area (Å²) in [5.41, 5.74) is 3.13. The van der Waals surface area contributed by atoms with E-state index in [0.717, 1.165) is 40.7 Å². The summed E-state index contributed by atoms with van der Waals surface area (Å²) in [7, 11) is 4.96. The second kappa shape index (κ2) is 11.6. The van der Waals surface area contributed by atoms with E-state index in [1.807, 2.05) is 43.3 Å². The van der Waals surface area contributed by atoms with Crippen molar-refractivity contribution in [1.29, 1.82) is 0 Å². The summed E-state index contributed by atoms with van der Waals surface area (Å²) < 4.78 is 16.4. The van der Waals surface area contributed by atoms with Gasteiger partial charge in [-0.05, 0) is 37.1 Å². The van der Waals surface area contributed by atoms with Crippen LogP contribution in [0.2, 0.25) is 0 Å². The lowest BCUT2D eigenvalue weighted by Crippen LogP contribution is -2.36. The summed E-state index contributed by atoms with van der Waals surface area (Å²) in [5.74, 6) is 3.02. The molecule has 29 heavy (non-hydrogen) atoms. The highest BCUT2D eigenvalue weighted by molar-refractivity contribution is 5.79. The molecule has 0 spiro atoms. The molecular formula is C23H31N3O3. The van der Waals surface area contributed by atoms with Gasteiger partial charge in [0.15, 0.2) is 17.5 Å². The fraction of sp³-hybridized carbons (Fsp3) is 0.348. The van der Waals surface area contributed by atoms with E-state index in [-0.39, 0.29) is 0 Å². The van der Waals surface area contributed by atoms with Crippen molar-refractivity contribution in [3.05, 3.63) is 65.7 Å². The largest absolute Gasteiger partial charge is 0.496 e. The monoisotopic (exact) mass is 397 g/mol. The first-order valence-electron chi connectivity index (χ1n) is 9.65. The Hall–Kier alpha value is -3.15. The van der Waals surface area contributed by atoms with Crippen LogP contribution in [0.25, 0.3) is 0 Å². The Bertz CT molecular complexity index is 834. The van der Waals surface area contributed by atoms with E-state index in [9.17, 15) is 0 Å². The van der Waals surface area contributed by atoms with Gasteiger partial charge in [-0.15, -0.1) is 6.58 Å². The predicted octanol–water partition coefficient (Wildman–Crippen LogP) is 3.70. The predicted molar refractivity (Wildman–Crippen MR) is 118 cm³/mol. The van der Waals surface area contributed by atoms with E-state index in [1.165, 1.54) is 0 Å². The van der Waals surface area contributed by atoms with Gasteiger partial charge in [0, 0.05) is 24.2 Å². The lowest BCUT2D eigenvalue weighted by Gasteiger charge is -2.15. The molecule has 0 aliphatic rings. The third-order valence-corrected chi connectivity index (χ3v) is 4.38. The number of nitrogens with one attached hydrogen (secondary N) is 2. The zero-order valence-electron chi connectivity index (χ0n) is 17.7. The van der Waals surface area contributed by atoms with Gasteiger partial charge in [0.1, 0.15) is 5.75 Å². The summed E-state index contributed by atoms with van der Waals surface area (Å²) >= 11 is 0.